The van der Waals surface area contributed by atoms with E-state index in [-0.39, 0.29) is 17.6 Å². The van der Waals surface area contributed by atoms with Crippen LogP contribution in [0.3, 0.4) is 0 Å². The SMILES string of the molecule is CC(=O)C(C)(F)C1CC1c1ccc(/C=C/c2ccc3ccccc3c2)cc1. The molecule has 3 unspecified atom stereocenters. The van der Waals surface area contributed by atoms with Crippen molar-refractivity contribution >= 4 is 28.7 Å². The minimum absolute atomic E-state index is 0.155. The molecule has 0 amide bonds. The molecule has 3 aromatic carbocycles. The van der Waals surface area contributed by atoms with Gasteiger partial charge in [-0.1, -0.05) is 72.8 Å². The van der Waals surface area contributed by atoms with E-state index in [1.807, 2.05) is 12.1 Å². The predicted molar refractivity (Wildman–Crippen MR) is 110 cm³/mol. The van der Waals surface area contributed by atoms with E-state index in [1.54, 1.807) is 0 Å². The molecule has 1 fully saturated rings. The van der Waals surface area contributed by atoms with Gasteiger partial charge in [-0.25, -0.2) is 4.39 Å². The van der Waals surface area contributed by atoms with Crippen LogP contribution in [0.1, 0.15) is 42.9 Å². The fraction of sp³-hybridized carbons (Fsp3) is 0.240. The van der Waals surface area contributed by atoms with E-state index in [4.69, 9.17) is 0 Å². The number of carbonyl (C=O) groups is 1. The van der Waals surface area contributed by atoms with Crippen LogP contribution in [0.5, 0.6) is 0 Å². The molecule has 0 aliphatic heterocycles. The Bertz CT molecular complexity index is 1010. The van der Waals surface area contributed by atoms with Gasteiger partial charge < -0.3 is 0 Å². The topological polar surface area (TPSA) is 17.1 Å². The van der Waals surface area contributed by atoms with Crippen molar-refractivity contribution in [2.75, 3.05) is 0 Å². The van der Waals surface area contributed by atoms with Gasteiger partial charge in [-0.05, 0) is 59.7 Å². The fourth-order valence-corrected chi connectivity index (χ4v) is 3.78. The number of halogens is 1. The van der Waals surface area contributed by atoms with E-state index in [0.29, 0.717) is 0 Å². The van der Waals surface area contributed by atoms with E-state index < -0.39 is 5.67 Å². The molecular weight excluding hydrogens is 335 g/mol. The molecule has 0 aromatic heterocycles. The highest BCUT2D eigenvalue weighted by Crippen LogP contribution is 2.55. The van der Waals surface area contributed by atoms with Crippen LogP contribution in [0.25, 0.3) is 22.9 Å². The van der Waals surface area contributed by atoms with Crippen molar-refractivity contribution in [1.29, 1.82) is 0 Å². The number of hydrogen-bond acceptors (Lipinski definition) is 1. The van der Waals surface area contributed by atoms with E-state index in [1.165, 1.54) is 24.6 Å². The smallest absolute Gasteiger partial charge is 0.169 e. The molecule has 0 heterocycles. The summed E-state index contributed by atoms with van der Waals surface area (Å²) in [5.41, 5.74) is 1.68. The van der Waals surface area contributed by atoms with E-state index in [0.717, 1.165) is 23.1 Å². The molecule has 0 N–H and O–H groups in total. The predicted octanol–water partition coefficient (Wildman–Crippen LogP) is 6.43. The number of benzene rings is 3. The highest BCUT2D eigenvalue weighted by atomic mass is 19.1. The van der Waals surface area contributed by atoms with Gasteiger partial charge in [-0.15, -0.1) is 0 Å². The van der Waals surface area contributed by atoms with Gasteiger partial charge in [0.15, 0.2) is 11.5 Å². The monoisotopic (exact) mass is 358 g/mol. The second kappa shape index (κ2) is 6.77. The van der Waals surface area contributed by atoms with Crippen LogP contribution in [-0.2, 0) is 4.79 Å². The zero-order valence-electron chi connectivity index (χ0n) is 15.7. The van der Waals surface area contributed by atoms with E-state index >= 15 is 0 Å². The fourth-order valence-electron chi connectivity index (χ4n) is 3.78. The Balaban J connectivity index is 1.46. The minimum Gasteiger partial charge on any atom is -0.296 e. The molecular formula is C25H23FO. The summed E-state index contributed by atoms with van der Waals surface area (Å²) in [6.07, 6.45) is 4.95. The maximum absolute atomic E-state index is 14.5. The Morgan fingerprint density at radius 1 is 0.963 bits per heavy atom. The molecule has 2 heteroatoms. The quantitative estimate of drug-likeness (QED) is 0.480. The number of rotatable bonds is 5. The standard InChI is InChI=1S/C25H23FO/c1-17(27)25(2,26)24-16-23(24)21-13-9-18(10-14-21)7-8-19-11-12-20-5-3-4-6-22(20)15-19/h3-15,23-24H,16H2,1-2H3/b8-7+. The van der Waals surface area contributed by atoms with Crippen molar-refractivity contribution in [1.82, 2.24) is 0 Å². The zero-order valence-corrected chi connectivity index (χ0v) is 15.7. The third-order valence-corrected chi connectivity index (χ3v) is 5.78. The molecule has 27 heavy (non-hydrogen) atoms. The largest absolute Gasteiger partial charge is 0.296 e. The Labute approximate surface area is 159 Å². The maximum atomic E-state index is 14.5. The van der Waals surface area contributed by atoms with Gasteiger partial charge in [0.05, 0.1) is 0 Å². The van der Waals surface area contributed by atoms with Crippen molar-refractivity contribution < 1.29 is 9.18 Å². The first-order valence-electron chi connectivity index (χ1n) is 9.42. The van der Waals surface area contributed by atoms with Crippen LogP contribution in [0.2, 0.25) is 0 Å². The second-order valence-electron chi connectivity index (χ2n) is 7.69. The van der Waals surface area contributed by atoms with Gasteiger partial charge in [0, 0.05) is 5.92 Å². The highest BCUT2D eigenvalue weighted by Gasteiger charge is 2.53. The number of carbonyl (C=O) groups excluding carboxylic acids is 1. The average molecular weight is 358 g/mol. The molecule has 0 bridgehead atoms. The van der Waals surface area contributed by atoms with Gasteiger partial charge in [0.1, 0.15) is 0 Å². The molecule has 1 aliphatic rings. The molecule has 0 radical (unpaired) electrons. The molecule has 0 saturated heterocycles. The van der Waals surface area contributed by atoms with Gasteiger partial charge in [-0.3, -0.25) is 4.79 Å². The first-order chi connectivity index (χ1) is 12.9. The van der Waals surface area contributed by atoms with Crippen LogP contribution in [0.4, 0.5) is 4.39 Å². The Hall–Kier alpha value is -2.74. The zero-order chi connectivity index (χ0) is 19.0. The lowest BCUT2D eigenvalue weighted by Crippen LogP contribution is -2.30. The van der Waals surface area contributed by atoms with Gasteiger partial charge >= 0.3 is 0 Å². The van der Waals surface area contributed by atoms with Crippen molar-refractivity contribution in [3.63, 3.8) is 0 Å². The summed E-state index contributed by atoms with van der Waals surface area (Å²) in [5.74, 6) is -0.402. The summed E-state index contributed by atoms with van der Waals surface area (Å²) in [7, 11) is 0. The van der Waals surface area contributed by atoms with Gasteiger partial charge in [0.2, 0.25) is 0 Å². The van der Waals surface area contributed by atoms with Crippen molar-refractivity contribution in [2.45, 2.75) is 31.9 Å². The number of fused-ring (bicyclic) bond motifs is 1. The Kier molecular flexibility index (Phi) is 4.43. The highest BCUT2D eigenvalue weighted by molar-refractivity contribution is 5.86. The van der Waals surface area contributed by atoms with Gasteiger partial charge in [-0.2, -0.15) is 0 Å². The molecule has 3 atom stereocenters. The summed E-state index contributed by atoms with van der Waals surface area (Å²) in [5, 5.41) is 2.47. The van der Waals surface area contributed by atoms with Gasteiger partial charge in [0.25, 0.3) is 0 Å². The van der Waals surface area contributed by atoms with Crippen molar-refractivity contribution in [3.8, 4) is 0 Å². The molecule has 1 saturated carbocycles. The number of alkyl halides is 1. The summed E-state index contributed by atoms with van der Waals surface area (Å²) < 4.78 is 14.5. The molecule has 1 nitrogen and oxygen atoms in total. The van der Waals surface area contributed by atoms with Crippen molar-refractivity contribution in [2.24, 2.45) is 5.92 Å². The summed E-state index contributed by atoms with van der Waals surface area (Å²) >= 11 is 0. The summed E-state index contributed by atoms with van der Waals surface area (Å²) in [6, 6.07) is 23.0. The third-order valence-electron chi connectivity index (χ3n) is 5.78. The van der Waals surface area contributed by atoms with Crippen LogP contribution in [0.15, 0.2) is 66.7 Å². The van der Waals surface area contributed by atoms with E-state index in [9.17, 15) is 9.18 Å². The van der Waals surface area contributed by atoms with Crippen LogP contribution < -0.4 is 0 Å². The van der Waals surface area contributed by atoms with Crippen LogP contribution in [-0.4, -0.2) is 11.5 Å². The summed E-state index contributed by atoms with van der Waals surface area (Å²) in [6.45, 7) is 2.76. The summed E-state index contributed by atoms with van der Waals surface area (Å²) in [4.78, 5) is 11.5. The second-order valence-corrected chi connectivity index (χ2v) is 7.69. The molecule has 4 rings (SSSR count). The first kappa shape index (κ1) is 17.7. The lowest BCUT2D eigenvalue weighted by molar-refractivity contribution is -0.128. The normalized spacial score (nSPS) is 21.3. The molecule has 3 aromatic rings. The number of ketones is 1. The Morgan fingerprint density at radius 3 is 2.30 bits per heavy atom. The molecule has 136 valence electrons. The number of hydrogen-bond donors (Lipinski definition) is 0. The lowest BCUT2D eigenvalue weighted by Gasteiger charge is -2.16. The third kappa shape index (κ3) is 3.57. The number of Topliss-reactive ketones (excluding diaryl/α,β-unsaturated/α-hetero) is 1. The van der Waals surface area contributed by atoms with E-state index in [2.05, 4.69) is 66.7 Å². The minimum atomic E-state index is -1.71. The first-order valence-corrected chi connectivity index (χ1v) is 9.42. The van der Waals surface area contributed by atoms with Crippen molar-refractivity contribution in [3.05, 3.63) is 83.4 Å². The van der Waals surface area contributed by atoms with Crippen LogP contribution >= 0.6 is 0 Å². The Morgan fingerprint density at radius 2 is 1.59 bits per heavy atom. The lowest BCUT2D eigenvalue weighted by atomic mass is 9.94. The maximum Gasteiger partial charge on any atom is 0.169 e. The molecule has 1 aliphatic carbocycles. The van der Waals surface area contributed by atoms with Crippen LogP contribution in [0, 0.1) is 5.92 Å². The average Bonchev–Trinajstić information content (AvgIpc) is 3.48. The molecule has 0 spiro atoms.